The van der Waals surface area contributed by atoms with Gasteiger partial charge in [0.25, 0.3) is 0 Å². The smallest absolute Gasteiger partial charge is 0.231 e. The maximum absolute atomic E-state index is 14.0. The van der Waals surface area contributed by atoms with Crippen LogP contribution in [0, 0.1) is 11.7 Å². The predicted molar refractivity (Wildman–Crippen MR) is 118 cm³/mol. The molecule has 3 heterocycles. The molecule has 5 nitrogen and oxygen atoms in total. The Labute approximate surface area is 179 Å². The Kier molecular flexibility index (Phi) is 4.85. The number of carbonyl (C=O) groups is 1. The Hall–Kier alpha value is -2.29. The monoisotopic (exact) mass is 446 g/mol. The van der Waals surface area contributed by atoms with Crippen LogP contribution in [0.15, 0.2) is 36.4 Å². The van der Waals surface area contributed by atoms with Gasteiger partial charge >= 0.3 is 0 Å². The Balaban J connectivity index is 1.32. The Bertz CT molecular complexity index is 1220. The number of hydrogen-bond acceptors (Lipinski definition) is 6. The number of halogens is 2. The van der Waals surface area contributed by atoms with Crippen LogP contribution in [0.4, 0.5) is 14.7 Å². The molecule has 1 saturated heterocycles. The van der Waals surface area contributed by atoms with E-state index in [0.717, 1.165) is 39.4 Å². The first-order valence-corrected chi connectivity index (χ1v) is 11.2. The third-order valence-electron chi connectivity index (χ3n) is 5.00. The molecule has 1 unspecified atom stereocenters. The second kappa shape index (κ2) is 7.51. The third kappa shape index (κ3) is 3.68. The molecule has 1 amide bonds. The van der Waals surface area contributed by atoms with E-state index in [-0.39, 0.29) is 17.6 Å². The van der Waals surface area contributed by atoms with E-state index < -0.39 is 0 Å². The Morgan fingerprint density at radius 3 is 2.97 bits per heavy atom. The molecule has 0 aliphatic carbocycles. The minimum Gasteiger partial charge on any atom is -0.347 e. The van der Waals surface area contributed by atoms with Crippen molar-refractivity contribution in [2.45, 2.75) is 12.8 Å². The molecule has 1 atom stereocenters. The second-order valence-electron chi connectivity index (χ2n) is 6.99. The highest BCUT2D eigenvalue weighted by atomic mass is 35.5. The fraction of sp³-hybridized carbons (Fsp3) is 0.250. The topological polar surface area (TPSA) is 58.1 Å². The number of piperidine rings is 1. The van der Waals surface area contributed by atoms with Crippen molar-refractivity contribution in [3.8, 4) is 0 Å². The molecular formula is C20H16ClFN4OS2. The standard InChI is InChI=1S/C20H16ClFN4OS2/c21-12-6-7-14-16(9-12)28-19(23-14)25-18(27)11-3-2-8-26(10-11)20-24-17-13(22)4-1-5-15(17)29-20/h1,4-7,9,11H,2-3,8,10H2,(H,23,25,27). The van der Waals surface area contributed by atoms with E-state index >= 15 is 0 Å². The lowest BCUT2D eigenvalue weighted by atomic mass is 9.97. The lowest BCUT2D eigenvalue weighted by Gasteiger charge is -2.31. The molecule has 4 aromatic rings. The molecule has 9 heteroatoms. The number of rotatable bonds is 3. The predicted octanol–water partition coefficient (Wildman–Crippen LogP) is 5.55. The number of anilines is 2. The summed E-state index contributed by atoms with van der Waals surface area (Å²) in [6.07, 6.45) is 1.68. The summed E-state index contributed by atoms with van der Waals surface area (Å²) in [4.78, 5) is 23.9. The maximum atomic E-state index is 14.0. The van der Waals surface area contributed by atoms with Gasteiger partial charge in [0.05, 0.1) is 20.8 Å². The van der Waals surface area contributed by atoms with Gasteiger partial charge in [-0.15, -0.1) is 0 Å². The quantitative estimate of drug-likeness (QED) is 0.448. The molecule has 1 aliphatic heterocycles. The van der Waals surface area contributed by atoms with Gasteiger partial charge in [0.1, 0.15) is 11.3 Å². The van der Waals surface area contributed by atoms with Crippen LogP contribution < -0.4 is 10.2 Å². The normalized spacial score (nSPS) is 17.2. The number of nitrogens with zero attached hydrogens (tertiary/aromatic N) is 3. The van der Waals surface area contributed by atoms with Crippen LogP contribution in [-0.4, -0.2) is 29.0 Å². The van der Waals surface area contributed by atoms with Gasteiger partial charge in [-0.1, -0.05) is 40.3 Å². The summed E-state index contributed by atoms with van der Waals surface area (Å²) >= 11 is 8.90. The highest BCUT2D eigenvalue weighted by Crippen LogP contribution is 2.33. The number of amides is 1. The van der Waals surface area contributed by atoms with E-state index in [2.05, 4.69) is 20.2 Å². The molecule has 2 aromatic heterocycles. The lowest BCUT2D eigenvalue weighted by molar-refractivity contribution is -0.120. The van der Waals surface area contributed by atoms with Gasteiger partial charge in [0, 0.05) is 18.1 Å². The van der Waals surface area contributed by atoms with Gasteiger partial charge in [0.15, 0.2) is 10.3 Å². The minimum absolute atomic E-state index is 0.0489. The Morgan fingerprint density at radius 1 is 1.21 bits per heavy atom. The van der Waals surface area contributed by atoms with E-state index in [0.29, 0.717) is 22.2 Å². The zero-order valence-electron chi connectivity index (χ0n) is 15.2. The first kappa shape index (κ1) is 18.7. The molecule has 1 fully saturated rings. The van der Waals surface area contributed by atoms with Crippen molar-refractivity contribution in [3.05, 3.63) is 47.2 Å². The number of hydrogen-bond donors (Lipinski definition) is 1. The van der Waals surface area contributed by atoms with Crippen molar-refractivity contribution >= 4 is 70.9 Å². The number of benzene rings is 2. The molecule has 0 spiro atoms. The van der Waals surface area contributed by atoms with Gasteiger partial charge < -0.3 is 10.2 Å². The van der Waals surface area contributed by atoms with E-state index in [1.54, 1.807) is 12.1 Å². The number of fused-ring (bicyclic) bond motifs is 2. The summed E-state index contributed by atoms with van der Waals surface area (Å²) in [6.45, 7) is 1.37. The van der Waals surface area contributed by atoms with Gasteiger partial charge in [-0.05, 0) is 43.2 Å². The first-order valence-electron chi connectivity index (χ1n) is 9.24. The summed E-state index contributed by atoms with van der Waals surface area (Å²) < 4.78 is 15.7. The van der Waals surface area contributed by atoms with Crippen molar-refractivity contribution in [3.63, 3.8) is 0 Å². The highest BCUT2D eigenvalue weighted by molar-refractivity contribution is 7.22. The number of aromatic nitrogens is 2. The summed E-state index contributed by atoms with van der Waals surface area (Å²) in [5.74, 6) is -0.532. The van der Waals surface area contributed by atoms with Crippen molar-refractivity contribution in [2.24, 2.45) is 5.92 Å². The zero-order chi connectivity index (χ0) is 20.0. The van der Waals surface area contributed by atoms with Crippen LogP contribution in [0.1, 0.15) is 12.8 Å². The second-order valence-corrected chi connectivity index (χ2v) is 9.46. The van der Waals surface area contributed by atoms with Crippen LogP contribution in [-0.2, 0) is 4.79 Å². The molecular weight excluding hydrogens is 431 g/mol. The summed E-state index contributed by atoms with van der Waals surface area (Å²) in [5.41, 5.74) is 1.21. The van der Waals surface area contributed by atoms with Crippen LogP contribution in [0.3, 0.4) is 0 Å². The molecule has 0 radical (unpaired) electrons. The summed E-state index contributed by atoms with van der Waals surface area (Å²) in [5, 5.41) is 4.93. The largest absolute Gasteiger partial charge is 0.347 e. The number of para-hydroxylation sites is 1. The third-order valence-corrected chi connectivity index (χ3v) is 7.25. The van der Waals surface area contributed by atoms with Crippen molar-refractivity contribution < 1.29 is 9.18 Å². The highest BCUT2D eigenvalue weighted by Gasteiger charge is 2.28. The van der Waals surface area contributed by atoms with E-state index in [1.807, 2.05) is 18.2 Å². The first-order chi connectivity index (χ1) is 14.1. The van der Waals surface area contributed by atoms with E-state index in [1.165, 1.54) is 28.7 Å². The van der Waals surface area contributed by atoms with E-state index in [4.69, 9.17) is 11.6 Å². The van der Waals surface area contributed by atoms with Gasteiger partial charge in [-0.25, -0.2) is 14.4 Å². The number of nitrogens with one attached hydrogen (secondary N) is 1. The molecule has 0 saturated carbocycles. The van der Waals surface area contributed by atoms with E-state index in [9.17, 15) is 9.18 Å². The van der Waals surface area contributed by atoms with Crippen LogP contribution >= 0.6 is 34.3 Å². The average molecular weight is 447 g/mol. The summed E-state index contributed by atoms with van der Waals surface area (Å²) in [6, 6.07) is 10.5. The molecule has 1 aliphatic rings. The van der Waals surface area contributed by atoms with Crippen LogP contribution in [0.5, 0.6) is 0 Å². The van der Waals surface area contributed by atoms with Crippen LogP contribution in [0.2, 0.25) is 5.02 Å². The molecule has 2 aromatic carbocycles. The minimum atomic E-state index is -0.313. The number of carbonyl (C=O) groups excluding carboxylic acids is 1. The molecule has 5 rings (SSSR count). The van der Waals surface area contributed by atoms with Crippen molar-refractivity contribution in [1.82, 2.24) is 9.97 Å². The molecule has 148 valence electrons. The van der Waals surface area contributed by atoms with Gasteiger partial charge in [0.2, 0.25) is 5.91 Å². The Morgan fingerprint density at radius 2 is 2.10 bits per heavy atom. The molecule has 1 N–H and O–H groups in total. The van der Waals surface area contributed by atoms with Gasteiger partial charge in [-0.2, -0.15) is 0 Å². The molecule has 0 bridgehead atoms. The SMILES string of the molecule is O=C(Nc1nc2ccc(Cl)cc2s1)C1CCCN(c2nc3c(F)cccc3s2)C1. The lowest BCUT2D eigenvalue weighted by Crippen LogP contribution is -2.40. The van der Waals surface area contributed by atoms with Crippen LogP contribution in [0.25, 0.3) is 20.4 Å². The number of thiazole rings is 2. The maximum Gasteiger partial charge on any atom is 0.231 e. The molecule has 29 heavy (non-hydrogen) atoms. The van der Waals surface area contributed by atoms with Gasteiger partial charge in [-0.3, -0.25) is 4.79 Å². The summed E-state index contributed by atoms with van der Waals surface area (Å²) in [7, 11) is 0. The zero-order valence-corrected chi connectivity index (χ0v) is 17.6. The van der Waals surface area contributed by atoms with Crippen molar-refractivity contribution in [1.29, 1.82) is 0 Å². The fourth-order valence-corrected chi connectivity index (χ4v) is 5.72. The average Bonchev–Trinajstić information content (AvgIpc) is 3.32. The van der Waals surface area contributed by atoms with Crippen molar-refractivity contribution in [2.75, 3.05) is 23.3 Å². The fourth-order valence-electron chi connectivity index (χ4n) is 3.56.